The molecule has 2 N–H and O–H groups in total. The Labute approximate surface area is 266 Å². The average Bonchev–Trinajstić information content (AvgIpc) is 2.99. The Kier molecular flexibility index (Phi) is 10.5. The first-order valence-electron chi connectivity index (χ1n) is 16.5. The number of rotatable bonds is 7. The lowest BCUT2D eigenvalue weighted by Gasteiger charge is -2.59. The predicted molar refractivity (Wildman–Crippen MR) is 173 cm³/mol. The molecular formula is C35H47FN6O3. The molecule has 10 heteroatoms. The molecule has 2 aliphatic carbocycles. The van der Waals surface area contributed by atoms with Crippen molar-refractivity contribution in [1.82, 2.24) is 25.6 Å². The van der Waals surface area contributed by atoms with E-state index >= 15 is 0 Å². The molecule has 1 saturated heterocycles. The summed E-state index contributed by atoms with van der Waals surface area (Å²) in [7, 11) is 0. The number of halogens is 1. The van der Waals surface area contributed by atoms with E-state index in [4.69, 9.17) is 9.47 Å². The maximum absolute atomic E-state index is 14.0. The Morgan fingerprint density at radius 3 is 2.56 bits per heavy atom. The third-order valence-electron chi connectivity index (χ3n) is 8.79. The number of amides is 1. The number of nitrogens with zero attached hydrogens (tertiary/aromatic N) is 4. The van der Waals surface area contributed by atoms with Gasteiger partial charge < -0.3 is 25.0 Å². The van der Waals surface area contributed by atoms with Gasteiger partial charge in [0, 0.05) is 61.5 Å². The van der Waals surface area contributed by atoms with Crippen molar-refractivity contribution in [3.63, 3.8) is 0 Å². The molecule has 2 aromatic heterocycles. The number of nitrogens with one attached hydrogen (secondary N) is 2. The van der Waals surface area contributed by atoms with E-state index < -0.39 is 11.7 Å². The molecule has 0 bridgehead atoms. The first kappa shape index (κ1) is 32.6. The molecular weight excluding hydrogens is 571 g/mol. The highest BCUT2D eigenvalue weighted by Crippen LogP contribution is 2.52. The van der Waals surface area contributed by atoms with Gasteiger partial charge in [-0.3, -0.25) is 9.78 Å². The van der Waals surface area contributed by atoms with Crippen molar-refractivity contribution >= 4 is 11.7 Å². The lowest BCUT2D eigenvalue weighted by molar-refractivity contribution is -0.0349. The maximum Gasteiger partial charge on any atom is 0.255 e. The normalized spacial score (nSPS) is 18.2. The van der Waals surface area contributed by atoms with Gasteiger partial charge in [0.05, 0.1) is 11.8 Å². The molecule has 0 atom stereocenters. The number of ether oxygens (including phenoxy) is 2. The van der Waals surface area contributed by atoms with Crippen LogP contribution in [-0.4, -0.2) is 52.6 Å². The molecule has 3 aromatic rings. The molecule has 242 valence electrons. The average molecular weight is 619 g/mol. The topological polar surface area (TPSA) is 102 Å². The molecule has 1 spiro atoms. The number of carbonyl (C=O) groups is 1. The summed E-state index contributed by atoms with van der Waals surface area (Å²) in [5.74, 6) is 2.44. The lowest BCUT2D eigenvalue weighted by Crippen LogP contribution is -2.65. The Morgan fingerprint density at radius 1 is 1.11 bits per heavy atom. The summed E-state index contributed by atoms with van der Waals surface area (Å²) in [6.07, 6.45) is 12.4. The number of fused-ring (bicyclic) bond motifs is 1. The zero-order valence-electron chi connectivity index (χ0n) is 27.2. The van der Waals surface area contributed by atoms with Crippen molar-refractivity contribution in [1.29, 1.82) is 0 Å². The van der Waals surface area contributed by atoms with Crippen LogP contribution in [0.2, 0.25) is 0 Å². The maximum atomic E-state index is 14.0. The van der Waals surface area contributed by atoms with Crippen LogP contribution >= 0.6 is 0 Å². The zero-order valence-corrected chi connectivity index (χ0v) is 27.2. The van der Waals surface area contributed by atoms with Crippen LogP contribution in [0.5, 0.6) is 17.2 Å². The van der Waals surface area contributed by atoms with Gasteiger partial charge >= 0.3 is 0 Å². The second kappa shape index (κ2) is 14.5. The van der Waals surface area contributed by atoms with Gasteiger partial charge in [-0.1, -0.05) is 40.0 Å². The minimum Gasteiger partial charge on any atom is -0.490 e. The van der Waals surface area contributed by atoms with E-state index in [1.807, 2.05) is 40.0 Å². The molecule has 4 aliphatic rings. The minimum absolute atomic E-state index is 0.0950. The Hall–Kier alpha value is -3.79. The Morgan fingerprint density at radius 2 is 1.87 bits per heavy atom. The standard InChI is InChI=1S/C28H31FN6O3.C5H10.C2H6/c1-17(2)34-27(36)20-9-18(29)3-4-23(20)38-25-13-31-16-33-26(25)35-14-28(15-35)10-19(11-28)37-24-6-8-32-22-5-7-30-12-21(22)24;1-5-3-2-4-5;1-2/h3-4,6,8-9,13,16-17,19,30H,5,7,10-12,14-15H2,1-2H3,(H,34,36);5H,2-4H2,1H3;1-2H3. The van der Waals surface area contributed by atoms with E-state index in [-0.39, 0.29) is 28.9 Å². The number of aromatic nitrogens is 3. The first-order valence-corrected chi connectivity index (χ1v) is 16.5. The summed E-state index contributed by atoms with van der Waals surface area (Å²) in [6, 6.07) is 5.79. The van der Waals surface area contributed by atoms with Crippen LogP contribution in [0, 0.1) is 17.2 Å². The highest BCUT2D eigenvalue weighted by molar-refractivity contribution is 5.97. The number of hydrogen-bond acceptors (Lipinski definition) is 8. The zero-order chi connectivity index (χ0) is 32.0. The van der Waals surface area contributed by atoms with Gasteiger partial charge in [-0.2, -0.15) is 0 Å². The van der Waals surface area contributed by atoms with Crippen LogP contribution in [0.4, 0.5) is 10.2 Å². The molecule has 0 unspecified atom stereocenters. The summed E-state index contributed by atoms with van der Waals surface area (Å²) in [5, 5.41) is 6.20. The van der Waals surface area contributed by atoms with Gasteiger partial charge in [0.25, 0.3) is 5.91 Å². The number of benzene rings is 1. The van der Waals surface area contributed by atoms with Crippen molar-refractivity contribution in [3.8, 4) is 17.2 Å². The van der Waals surface area contributed by atoms with Crippen LogP contribution in [-0.2, 0) is 13.0 Å². The van der Waals surface area contributed by atoms with Gasteiger partial charge in [0.1, 0.15) is 29.7 Å². The van der Waals surface area contributed by atoms with E-state index in [0.29, 0.717) is 11.6 Å². The van der Waals surface area contributed by atoms with Gasteiger partial charge in [0.2, 0.25) is 0 Å². The van der Waals surface area contributed by atoms with E-state index in [2.05, 4.69) is 37.4 Å². The lowest BCUT2D eigenvalue weighted by atomic mass is 9.61. The number of hydrogen-bond donors (Lipinski definition) is 2. The fraction of sp³-hybridized carbons (Fsp3) is 0.543. The molecule has 4 heterocycles. The summed E-state index contributed by atoms with van der Waals surface area (Å²) in [5.41, 5.74) is 2.63. The third-order valence-corrected chi connectivity index (χ3v) is 8.79. The highest BCUT2D eigenvalue weighted by atomic mass is 19.1. The summed E-state index contributed by atoms with van der Waals surface area (Å²) >= 11 is 0. The molecule has 1 amide bonds. The van der Waals surface area contributed by atoms with Crippen molar-refractivity contribution < 1.29 is 18.7 Å². The quantitative estimate of drug-likeness (QED) is 0.311. The van der Waals surface area contributed by atoms with Crippen LogP contribution in [0.25, 0.3) is 0 Å². The van der Waals surface area contributed by atoms with Crippen molar-refractivity contribution in [2.45, 2.75) is 91.8 Å². The Bertz CT molecular complexity index is 1450. The SMILES string of the molecule is CC.CC(C)NC(=O)c1cc(F)ccc1Oc1cncnc1N1CC2(CC(Oc3ccnc4c3CNCC4)C2)C1.CC1CCC1. The molecule has 1 aromatic carbocycles. The van der Waals surface area contributed by atoms with Crippen LogP contribution < -0.4 is 25.0 Å². The first-order chi connectivity index (χ1) is 21.8. The third kappa shape index (κ3) is 7.72. The van der Waals surface area contributed by atoms with Crippen LogP contribution in [0.15, 0.2) is 43.0 Å². The number of anilines is 1. The second-order valence-corrected chi connectivity index (χ2v) is 12.8. The van der Waals surface area contributed by atoms with E-state index in [1.54, 1.807) is 6.20 Å². The molecule has 9 nitrogen and oxygen atoms in total. The van der Waals surface area contributed by atoms with Crippen molar-refractivity contribution in [2.24, 2.45) is 11.3 Å². The van der Waals surface area contributed by atoms with Crippen molar-refractivity contribution in [3.05, 3.63) is 65.6 Å². The highest BCUT2D eigenvalue weighted by Gasteiger charge is 2.54. The molecule has 2 saturated carbocycles. The van der Waals surface area contributed by atoms with E-state index in [1.165, 1.54) is 49.4 Å². The van der Waals surface area contributed by atoms with Gasteiger partial charge in [0.15, 0.2) is 11.6 Å². The van der Waals surface area contributed by atoms with E-state index in [0.717, 1.165) is 62.8 Å². The van der Waals surface area contributed by atoms with Crippen LogP contribution in [0.3, 0.4) is 0 Å². The number of carbonyl (C=O) groups excluding carboxylic acids is 1. The fourth-order valence-corrected chi connectivity index (χ4v) is 6.25. The van der Waals surface area contributed by atoms with Crippen molar-refractivity contribution in [2.75, 3.05) is 24.5 Å². The summed E-state index contributed by atoms with van der Waals surface area (Å²) in [4.78, 5) is 27.9. The summed E-state index contributed by atoms with van der Waals surface area (Å²) < 4.78 is 26.4. The fourth-order valence-electron chi connectivity index (χ4n) is 6.25. The molecule has 45 heavy (non-hydrogen) atoms. The molecule has 7 rings (SSSR count). The Balaban J connectivity index is 0.000000514. The van der Waals surface area contributed by atoms with E-state index in [9.17, 15) is 9.18 Å². The number of pyridine rings is 1. The monoisotopic (exact) mass is 618 g/mol. The minimum atomic E-state index is -0.509. The molecule has 2 aliphatic heterocycles. The smallest absolute Gasteiger partial charge is 0.255 e. The second-order valence-electron chi connectivity index (χ2n) is 12.8. The molecule has 3 fully saturated rings. The van der Waals surface area contributed by atoms with Gasteiger partial charge in [-0.15, -0.1) is 0 Å². The summed E-state index contributed by atoms with van der Waals surface area (Å²) in [6.45, 7) is 13.4. The van der Waals surface area contributed by atoms with Gasteiger partial charge in [-0.25, -0.2) is 14.4 Å². The molecule has 0 radical (unpaired) electrons. The van der Waals surface area contributed by atoms with Crippen LogP contribution in [0.1, 0.15) is 88.3 Å². The van der Waals surface area contributed by atoms with Gasteiger partial charge in [-0.05, 0) is 56.9 Å². The largest absolute Gasteiger partial charge is 0.490 e. The predicted octanol–water partition coefficient (Wildman–Crippen LogP) is 6.47.